The highest BCUT2D eigenvalue weighted by molar-refractivity contribution is 6.06. The standard InChI is InChI=1S/C24H28N4O4/c1-28-19-12-11-16(26-23(29)17-7-3-4-8-20(17)31-2)15-18(19)27-22(28)10-5-13-25-24(30)21-9-6-14-32-21/h3-4,7-8,11-12,15,21H,5-6,9-10,13-14H2,1-2H3,(H,25,30)(H,26,29). The summed E-state index contributed by atoms with van der Waals surface area (Å²) in [5, 5.41) is 5.86. The minimum atomic E-state index is -0.296. The molecule has 0 aliphatic carbocycles. The van der Waals surface area contributed by atoms with Crippen LogP contribution in [0.15, 0.2) is 42.5 Å². The number of aryl methyl sites for hydroxylation is 2. The van der Waals surface area contributed by atoms with Crippen molar-refractivity contribution in [2.75, 3.05) is 25.6 Å². The molecule has 168 valence electrons. The third kappa shape index (κ3) is 4.75. The van der Waals surface area contributed by atoms with Crippen LogP contribution in [0, 0.1) is 0 Å². The molecule has 32 heavy (non-hydrogen) atoms. The molecule has 1 unspecified atom stereocenters. The highest BCUT2D eigenvalue weighted by atomic mass is 16.5. The zero-order valence-corrected chi connectivity index (χ0v) is 18.4. The first-order chi connectivity index (χ1) is 15.6. The van der Waals surface area contributed by atoms with Crippen molar-refractivity contribution in [3.8, 4) is 5.75 Å². The molecule has 2 heterocycles. The van der Waals surface area contributed by atoms with E-state index in [1.54, 1.807) is 25.3 Å². The van der Waals surface area contributed by atoms with E-state index in [1.165, 1.54) is 0 Å². The molecule has 0 bridgehead atoms. The van der Waals surface area contributed by atoms with Gasteiger partial charge in [-0.3, -0.25) is 9.59 Å². The maximum atomic E-state index is 12.7. The van der Waals surface area contributed by atoms with Crippen LogP contribution in [0.2, 0.25) is 0 Å². The molecule has 1 fully saturated rings. The minimum absolute atomic E-state index is 0.0251. The van der Waals surface area contributed by atoms with E-state index in [1.807, 2.05) is 35.9 Å². The number of carbonyl (C=O) groups excluding carboxylic acids is 2. The molecule has 3 aromatic rings. The van der Waals surface area contributed by atoms with E-state index in [-0.39, 0.29) is 17.9 Å². The number of rotatable bonds is 8. The quantitative estimate of drug-likeness (QED) is 0.529. The van der Waals surface area contributed by atoms with Gasteiger partial charge in [-0.05, 0) is 49.6 Å². The number of nitrogens with one attached hydrogen (secondary N) is 2. The number of fused-ring (bicyclic) bond motifs is 1. The lowest BCUT2D eigenvalue weighted by Gasteiger charge is -2.10. The number of hydrogen-bond donors (Lipinski definition) is 2. The van der Waals surface area contributed by atoms with E-state index in [9.17, 15) is 9.59 Å². The van der Waals surface area contributed by atoms with Crippen LogP contribution < -0.4 is 15.4 Å². The number of anilines is 1. The molecule has 1 aliphatic rings. The number of benzene rings is 2. The normalized spacial score (nSPS) is 15.6. The highest BCUT2D eigenvalue weighted by Gasteiger charge is 2.22. The van der Waals surface area contributed by atoms with Crippen molar-refractivity contribution in [1.29, 1.82) is 0 Å². The summed E-state index contributed by atoms with van der Waals surface area (Å²) in [5.41, 5.74) is 2.94. The number of hydrogen-bond acceptors (Lipinski definition) is 5. The predicted molar refractivity (Wildman–Crippen MR) is 122 cm³/mol. The Morgan fingerprint density at radius 3 is 2.88 bits per heavy atom. The third-order valence-electron chi connectivity index (χ3n) is 5.68. The number of ether oxygens (including phenoxy) is 2. The smallest absolute Gasteiger partial charge is 0.259 e. The fraction of sp³-hybridized carbons (Fsp3) is 0.375. The van der Waals surface area contributed by atoms with Crippen LogP contribution in [0.5, 0.6) is 5.75 Å². The van der Waals surface area contributed by atoms with Gasteiger partial charge in [-0.25, -0.2) is 4.98 Å². The van der Waals surface area contributed by atoms with Crippen molar-refractivity contribution >= 4 is 28.5 Å². The van der Waals surface area contributed by atoms with E-state index in [4.69, 9.17) is 14.5 Å². The second-order valence-electron chi connectivity index (χ2n) is 7.84. The number of nitrogens with zero attached hydrogens (tertiary/aromatic N) is 2. The molecular formula is C24H28N4O4. The van der Waals surface area contributed by atoms with Crippen LogP contribution in [0.3, 0.4) is 0 Å². The van der Waals surface area contributed by atoms with Crippen molar-refractivity contribution in [1.82, 2.24) is 14.9 Å². The summed E-state index contributed by atoms with van der Waals surface area (Å²) < 4.78 is 12.7. The number of carbonyl (C=O) groups is 2. The first-order valence-electron chi connectivity index (χ1n) is 10.9. The molecule has 1 aromatic heterocycles. The van der Waals surface area contributed by atoms with Gasteiger partial charge >= 0.3 is 0 Å². The SMILES string of the molecule is COc1ccccc1C(=O)Nc1ccc2c(c1)nc(CCCNC(=O)C1CCCO1)n2C. The van der Waals surface area contributed by atoms with Gasteiger partial charge in [0.05, 0.1) is 23.7 Å². The second kappa shape index (κ2) is 9.82. The molecular weight excluding hydrogens is 408 g/mol. The summed E-state index contributed by atoms with van der Waals surface area (Å²) in [6.45, 7) is 1.25. The van der Waals surface area contributed by atoms with Gasteiger partial charge in [0.2, 0.25) is 5.91 Å². The zero-order valence-electron chi connectivity index (χ0n) is 18.4. The summed E-state index contributed by atoms with van der Waals surface area (Å²) in [7, 11) is 3.52. The molecule has 2 aromatic carbocycles. The number of amides is 2. The van der Waals surface area contributed by atoms with E-state index in [0.29, 0.717) is 30.2 Å². The van der Waals surface area contributed by atoms with Crippen LogP contribution in [0.25, 0.3) is 11.0 Å². The Morgan fingerprint density at radius 1 is 1.25 bits per heavy atom. The lowest BCUT2D eigenvalue weighted by atomic mass is 10.2. The Labute approximate surface area is 186 Å². The summed E-state index contributed by atoms with van der Waals surface area (Å²) in [6.07, 6.45) is 2.97. The molecule has 2 amide bonds. The molecule has 0 saturated carbocycles. The van der Waals surface area contributed by atoms with Crippen LogP contribution in [0.1, 0.15) is 35.4 Å². The summed E-state index contributed by atoms with van der Waals surface area (Å²) >= 11 is 0. The summed E-state index contributed by atoms with van der Waals surface area (Å²) in [5.74, 6) is 1.19. The van der Waals surface area contributed by atoms with Gasteiger partial charge < -0.3 is 24.7 Å². The zero-order chi connectivity index (χ0) is 22.5. The topological polar surface area (TPSA) is 94.5 Å². The molecule has 1 saturated heterocycles. The lowest BCUT2D eigenvalue weighted by Crippen LogP contribution is -2.34. The first-order valence-corrected chi connectivity index (χ1v) is 10.9. The highest BCUT2D eigenvalue weighted by Crippen LogP contribution is 2.23. The Balaban J connectivity index is 1.38. The van der Waals surface area contributed by atoms with E-state index >= 15 is 0 Å². The molecule has 0 spiro atoms. The number of imidazole rings is 1. The Bertz CT molecular complexity index is 1120. The van der Waals surface area contributed by atoms with E-state index in [2.05, 4.69) is 10.6 Å². The Kier molecular flexibility index (Phi) is 6.70. The third-order valence-corrected chi connectivity index (χ3v) is 5.68. The predicted octanol–water partition coefficient (Wildman–Crippen LogP) is 3.06. The number of para-hydroxylation sites is 1. The molecule has 8 heteroatoms. The van der Waals surface area contributed by atoms with Crippen LogP contribution in [0.4, 0.5) is 5.69 Å². The molecule has 1 atom stereocenters. The van der Waals surface area contributed by atoms with Gasteiger partial charge in [0.25, 0.3) is 5.91 Å². The monoisotopic (exact) mass is 436 g/mol. The number of methoxy groups -OCH3 is 1. The van der Waals surface area contributed by atoms with Gasteiger partial charge in [-0.15, -0.1) is 0 Å². The van der Waals surface area contributed by atoms with E-state index in [0.717, 1.165) is 42.5 Å². The lowest BCUT2D eigenvalue weighted by molar-refractivity contribution is -0.130. The molecule has 0 radical (unpaired) electrons. The Morgan fingerprint density at radius 2 is 2.09 bits per heavy atom. The average Bonchev–Trinajstić information content (AvgIpc) is 3.45. The fourth-order valence-corrected chi connectivity index (χ4v) is 3.94. The maximum Gasteiger partial charge on any atom is 0.259 e. The van der Waals surface area contributed by atoms with Crippen molar-refractivity contribution in [2.45, 2.75) is 31.8 Å². The minimum Gasteiger partial charge on any atom is -0.496 e. The van der Waals surface area contributed by atoms with Gasteiger partial charge in [0.15, 0.2) is 0 Å². The van der Waals surface area contributed by atoms with Crippen molar-refractivity contribution < 1.29 is 19.1 Å². The summed E-state index contributed by atoms with van der Waals surface area (Å²) in [4.78, 5) is 29.4. The van der Waals surface area contributed by atoms with E-state index < -0.39 is 0 Å². The van der Waals surface area contributed by atoms with Crippen LogP contribution >= 0.6 is 0 Å². The second-order valence-corrected chi connectivity index (χ2v) is 7.84. The molecule has 2 N–H and O–H groups in total. The van der Waals surface area contributed by atoms with Gasteiger partial charge in [-0.2, -0.15) is 0 Å². The fourth-order valence-electron chi connectivity index (χ4n) is 3.94. The van der Waals surface area contributed by atoms with Crippen molar-refractivity contribution in [3.63, 3.8) is 0 Å². The van der Waals surface area contributed by atoms with Crippen molar-refractivity contribution in [3.05, 3.63) is 53.9 Å². The largest absolute Gasteiger partial charge is 0.496 e. The number of aromatic nitrogens is 2. The van der Waals surface area contributed by atoms with Crippen LogP contribution in [-0.4, -0.2) is 47.7 Å². The van der Waals surface area contributed by atoms with Crippen LogP contribution in [-0.2, 0) is 23.0 Å². The molecule has 8 nitrogen and oxygen atoms in total. The van der Waals surface area contributed by atoms with Gasteiger partial charge in [0.1, 0.15) is 17.7 Å². The van der Waals surface area contributed by atoms with Gasteiger partial charge in [0, 0.05) is 32.3 Å². The first kappa shape index (κ1) is 21.8. The Hall–Kier alpha value is -3.39. The molecule has 4 rings (SSSR count). The average molecular weight is 437 g/mol. The maximum absolute atomic E-state index is 12.7. The van der Waals surface area contributed by atoms with Crippen molar-refractivity contribution in [2.24, 2.45) is 7.05 Å². The summed E-state index contributed by atoms with van der Waals surface area (Å²) in [6, 6.07) is 12.8. The van der Waals surface area contributed by atoms with Gasteiger partial charge in [-0.1, -0.05) is 12.1 Å². The molecule has 1 aliphatic heterocycles.